The number of hydrogen-bond acceptors (Lipinski definition) is 5. The fraction of sp³-hybridized carbons (Fsp3) is 0.111. The van der Waals surface area contributed by atoms with Crippen molar-refractivity contribution in [3.05, 3.63) is 23.8 Å². The van der Waals surface area contributed by atoms with E-state index in [1.807, 2.05) is 0 Å². The van der Waals surface area contributed by atoms with Crippen LogP contribution in [0, 0.1) is 31.1 Å². The first kappa shape index (κ1) is 36.7. The van der Waals surface area contributed by atoms with Crippen LogP contribution in [0.2, 0.25) is 0 Å². The van der Waals surface area contributed by atoms with Crippen molar-refractivity contribution in [2.45, 2.75) is 0 Å². The average molecular weight is 535 g/mol. The number of amidine groups is 1. The van der Waals surface area contributed by atoms with Crippen molar-refractivity contribution in [3.63, 3.8) is 0 Å². The van der Waals surface area contributed by atoms with E-state index in [1.54, 1.807) is 6.07 Å². The summed E-state index contributed by atoms with van der Waals surface area (Å²) in [6, 6.07) is 3.78. The predicted molar refractivity (Wildman–Crippen MR) is 69.7 cm³/mol. The Bertz CT molecular complexity index is 412. The van der Waals surface area contributed by atoms with E-state index in [1.165, 1.54) is 19.2 Å². The van der Waals surface area contributed by atoms with Gasteiger partial charge in [-0.05, 0) is 11.6 Å². The zero-order valence-corrected chi connectivity index (χ0v) is 15.2. The van der Waals surface area contributed by atoms with Gasteiger partial charge in [-0.25, -0.2) is 0 Å². The van der Waals surface area contributed by atoms with Gasteiger partial charge in [0.15, 0.2) is 0 Å². The van der Waals surface area contributed by atoms with Gasteiger partial charge in [0, 0.05) is 0 Å². The molecule has 0 radical (unpaired) electrons. The van der Waals surface area contributed by atoms with Crippen LogP contribution in [0.25, 0.3) is 0 Å². The Morgan fingerprint density at radius 3 is 2.14 bits per heavy atom. The summed E-state index contributed by atoms with van der Waals surface area (Å²) in [7, 11) is 1.39. The minimum Gasteiger partial charge on any atom is -0.870 e. The quantitative estimate of drug-likeness (QED) is 0.226. The van der Waals surface area contributed by atoms with Gasteiger partial charge in [0.05, 0.1) is 19.3 Å². The van der Waals surface area contributed by atoms with E-state index < -0.39 is 6.02 Å². The van der Waals surface area contributed by atoms with Gasteiger partial charge in [-0.2, -0.15) is 5.10 Å². The predicted octanol–water partition coefficient (Wildman–Crippen LogP) is -5.35. The molecule has 0 bridgehead atoms. The van der Waals surface area contributed by atoms with Crippen molar-refractivity contribution in [1.82, 2.24) is 0 Å². The van der Waals surface area contributed by atoms with Crippen molar-refractivity contribution < 1.29 is 73.4 Å². The number of methoxy groups -OCH3 is 1. The van der Waals surface area contributed by atoms with E-state index >= 15 is 0 Å². The second kappa shape index (κ2) is 18.6. The minimum atomic E-state index is -0.915. The molecule has 0 aliphatic carbocycles. The number of nitrogens with two attached hydrogens (primary N) is 1. The van der Waals surface area contributed by atoms with E-state index in [0.717, 1.165) is 6.21 Å². The molecular weight excluding hydrogens is 516 g/mol. The van der Waals surface area contributed by atoms with Gasteiger partial charge in [-0.15, -0.1) is 5.10 Å². The SMILES string of the molecule is COc1cccc(/C=N/N=C(/N)[O-])c1[O-].O.O.O.O.O.[U+2]. The van der Waals surface area contributed by atoms with Crippen LogP contribution in [-0.4, -0.2) is 46.7 Å². The molecule has 21 heavy (non-hydrogen) atoms. The Hall–Kier alpha value is -1.39. The molecule has 0 saturated carbocycles. The van der Waals surface area contributed by atoms with Gasteiger partial charge in [0.25, 0.3) is 0 Å². The van der Waals surface area contributed by atoms with Crippen LogP contribution in [0.4, 0.5) is 0 Å². The summed E-state index contributed by atoms with van der Waals surface area (Å²) in [5, 5.41) is 28.1. The summed E-state index contributed by atoms with van der Waals surface area (Å²) in [5.41, 5.74) is 5.01. The molecule has 0 aliphatic heterocycles. The number of ether oxygens (including phenoxy) is 1. The van der Waals surface area contributed by atoms with Gasteiger partial charge >= 0.3 is 31.1 Å². The third-order valence-corrected chi connectivity index (χ3v) is 1.58. The van der Waals surface area contributed by atoms with Crippen LogP contribution in [-0.2, 0) is 0 Å². The van der Waals surface area contributed by atoms with Gasteiger partial charge in [-0.3, -0.25) is 0 Å². The van der Waals surface area contributed by atoms with Gasteiger partial charge in [0.2, 0.25) is 0 Å². The summed E-state index contributed by atoms with van der Waals surface area (Å²) in [4.78, 5) is 0. The van der Waals surface area contributed by atoms with Crippen LogP contribution in [0.15, 0.2) is 28.4 Å². The maximum absolute atomic E-state index is 11.5. The summed E-state index contributed by atoms with van der Waals surface area (Å²) in [5.74, 6) is -0.110. The Balaban J connectivity index is -0.0000000937. The molecule has 0 aromatic heterocycles. The number of hydrogen-bond donors (Lipinski definition) is 1. The first-order valence-electron chi connectivity index (χ1n) is 4.02. The molecule has 0 saturated heterocycles. The van der Waals surface area contributed by atoms with Crippen LogP contribution >= 0.6 is 0 Å². The summed E-state index contributed by atoms with van der Waals surface area (Å²) in [6.45, 7) is 0. The molecule has 0 amide bonds. The maximum atomic E-state index is 11.5. The Morgan fingerprint density at radius 1 is 1.19 bits per heavy atom. The molecule has 0 unspecified atom stereocenters. The molecular formula is C9H19N3O8U. The number of para-hydroxylation sites is 1. The van der Waals surface area contributed by atoms with Crippen molar-refractivity contribution in [2.24, 2.45) is 15.9 Å². The van der Waals surface area contributed by atoms with Crippen molar-refractivity contribution >= 4 is 12.2 Å². The maximum Gasteiger partial charge on any atom is 2.00 e. The van der Waals surface area contributed by atoms with Crippen LogP contribution in [0.5, 0.6) is 11.5 Å². The Morgan fingerprint density at radius 2 is 1.71 bits per heavy atom. The second-order valence-corrected chi connectivity index (χ2v) is 2.56. The van der Waals surface area contributed by atoms with Crippen LogP contribution in [0.3, 0.4) is 0 Å². The normalized spacial score (nSPS) is 8.52. The molecule has 122 valence electrons. The molecule has 1 aromatic rings. The fourth-order valence-corrected chi connectivity index (χ4v) is 0.943. The molecule has 0 spiro atoms. The standard InChI is InChI=1S/C9H11N3O3.5H2O.U/c1-15-7-4-2-3-6(8(7)13)5-11-12-9(10)14;;;;;;/h2-5,13H,1H3,(H3,10,12,14);5*1H2;/q;;;;;;+2/p-2/b11-5+;;;;;;. The largest absolute Gasteiger partial charge is 2.00 e. The zero-order chi connectivity index (χ0) is 11.3. The van der Waals surface area contributed by atoms with Gasteiger partial charge < -0.3 is 48.1 Å². The van der Waals surface area contributed by atoms with E-state index in [0.29, 0.717) is 0 Å². The molecule has 11 nitrogen and oxygen atoms in total. The summed E-state index contributed by atoms with van der Waals surface area (Å²) < 4.78 is 4.82. The van der Waals surface area contributed by atoms with Crippen molar-refractivity contribution in [2.75, 3.05) is 7.11 Å². The fourth-order valence-electron chi connectivity index (χ4n) is 0.943. The Labute approximate surface area is 144 Å². The topological polar surface area (TPSA) is 264 Å². The number of benzene rings is 1. The van der Waals surface area contributed by atoms with Gasteiger partial charge in [0.1, 0.15) is 5.75 Å². The minimum absolute atomic E-state index is 0. The molecule has 1 rings (SSSR count). The van der Waals surface area contributed by atoms with Crippen LogP contribution < -0.4 is 20.7 Å². The van der Waals surface area contributed by atoms with Gasteiger partial charge in [-0.1, -0.05) is 17.9 Å². The van der Waals surface area contributed by atoms with E-state index in [2.05, 4.69) is 10.2 Å². The zero-order valence-electron chi connectivity index (χ0n) is 11.0. The van der Waals surface area contributed by atoms with E-state index in [-0.39, 0.29) is 75.6 Å². The second-order valence-electron chi connectivity index (χ2n) is 2.56. The molecule has 12 N–H and O–H groups in total. The summed E-state index contributed by atoms with van der Waals surface area (Å²) >= 11 is 0. The molecule has 12 heteroatoms. The molecule has 0 atom stereocenters. The number of rotatable bonds is 3. The van der Waals surface area contributed by atoms with Crippen molar-refractivity contribution in [1.29, 1.82) is 0 Å². The van der Waals surface area contributed by atoms with Crippen LogP contribution in [0.1, 0.15) is 5.56 Å². The average Bonchev–Trinajstić information content (AvgIpc) is 2.20. The smallest absolute Gasteiger partial charge is 0.870 e. The monoisotopic (exact) mass is 535 g/mol. The summed E-state index contributed by atoms with van der Waals surface area (Å²) in [6.07, 6.45) is 1.15. The molecule has 0 aliphatic rings. The molecule has 1 aromatic carbocycles. The first-order chi connectivity index (χ1) is 7.15. The Kier molecular flexibility index (Phi) is 32.5. The third kappa shape index (κ3) is 12.1. The number of nitrogens with zero attached hydrogens (tertiary/aromatic N) is 2. The van der Waals surface area contributed by atoms with E-state index in [9.17, 15) is 10.2 Å². The third-order valence-electron chi connectivity index (χ3n) is 1.58. The van der Waals surface area contributed by atoms with Crippen molar-refractivity contribution in [3.8, 4) is 11.5 Å². The molecule has 0 fully saturated rings. The first-order valence-corrected chi connectivity index (χ1v) is 4.02. The molecule has 0 heterocycles. The van der Waals surface area contributed by atoms with E-state index in [4.69, 9.17) is 10.5 Å².